The first kappa shape index (κ1) is 14.9. The molecule has 3 nitrogen and oxygen atoms in total. The summed E-state index contributed by atoms with van der Waals surface area (Å²) in [5.41, 5.74) is 3.21. The van der Waals surface area contributed by atoms with Crippen LogP contribution >= 0.6 is 11.6 Å². The van der Waals surface area contributed by atoms with Gasteiger partial charge >= 0.3 is 0 Å². The van der Waals surface area contributed by atoms with Gasteiger partial charge in [-0.15, -0.1) is 0 Å². The summed E-state index contributed by atoms with van der Waals surface area (Å²) in [5.74, 6) is -1.13. The van der Waals surface area contributed by atoms with Gasteiger partial charge in [0.1, 0.15) is 0 Å². The highest BCUT2D eigenvalue weighted by atomic mass is 35.5. The van der Waals surface area contributed by atoms with Crippen LogP contribution in [-0.4, -0.2) is 16.7 Å². The molecule has 124 valence electrons. The molecule has 1 heterocycles. The minimum Gasteiger partial charge on any atom is -0.278 e. The Morgan fingerprint density at radius 1 is 0.840 bits per heavy atom. The fraction of sp³-hybridized carbons (Fsp3) is 0.238. The Kier molecular flexibility index (Phi) is 3.16. The number of imide groups is 1. The Balaban J connectivity index is 1.57. The smallest absolute Gasteiger partial charge is 0.234 e. The summed E-state index contributed by atoms with van der Waals surface area (Å²) in [7, 11) is 0. The lowest BCUT2D eigenvalue weighted by atomic mass is 9.60. The number of nitrogens with zero attached hydrogens (tertiary/aromatic N) is 1. The van der Waals surface area contributed by atoms with Gasteiger partial charge in [-0.1, -0.05) is 72.3 Å². The van der Waals surface area contributed by atoms with Crippen molar-refractivity contribution in [3.8, 4) is 0 Å². The number of carbonyl (C=O) groups excluding carboxylic acids is 2. The Hall–Kier alpha value is -2.39. The molecule has 25 heavy (non-hydrogen) atoms. The molecule has 2 amide bonds. The number of benzene rings is 2. The quantitative estimate of drug-likeness (QED) is 0.773. The standard InChI is InChI=1S/C21H16ClNO2/c22-16-10-15-13-8-4-5-9-14(13)17(16)19-18(15)20(24)23(21(19)25)11-12-6-2-1-3-7-12/h1-10,15,17-19H,11H2/t15-,17-,18-,19+/m1/s1. The minimum absolute atomic E-state index is 0.0660. The van der Waals surface area contributed by atoms with Crippen molar-refractivity contribution in [3.63, 3.8) is 0 Å². The normalized spacial score (nSPS) is 29.5. The summed E-state index contributed by atoms with van der Waals surface area (Å²) in [6.45, 7) is 0.332. The number of hydrogen-bond donors (Lipinski definition) is 0. The summed E-state index contributed by atoms with van der Waals surface area (Å²) in [6.07, 6.45) is 1.98. The lowest BCUT2D eigenvalue weighted by molar-refractivity contribution is -0.140. The minimum atomic E-state index is -0.367. The Morgan fingerprint density at radius 3 is 2.24 bits per heavy atom. The van der Waals surface area contributed by atoms with Crippen LogP contribution in [-0.2, 0) is 16.1 Å². The molecule has 0 N–H and O–H groups in total. The van der Waals surface area contributed by atoms with Gasteiger partial charge in [-0.3, -0.25) is 14.5 Å². The third kappa shape index (κ3) is 1.99. The van der Waals surface area contributed by atoms with Gasteiger partial charge in [0.15, 0.2) is 0 Å². The predicted molar refractivity (Wildman–Crippen MR) is 94.8 cm³/mol. The van der Waals surface area contributed by atoms with E-state index in [0.717, 1.165) is 16.7 Å². The van der Waals surface area contributed by atoms with Gasteiger partial charge in [0, 0.05) is 16.9 Å². The van der Waals surface area contributed by atoms with Gasteiger partial charge in [0.2, 0.25) is 11.8 Å². The molecule has 0 radical (unpaired) electrons. The van der Waals surface area contributed by atoms with E-state index in [1.165, 1.54) is 4.90 Å². The van der Waals surface area contributed by atoms with E-state index in [4.69, 9.17) is 11.6 Å². The number of likely N-dealkylation sites (tertiary alicyclic amines) is 1. The van der Waals surface area contributed by atoms with E-state index in [1.54, 1.807) is 0 Å². The van der Waals surface area contributed by atoms with Gasteiger partial charge in [0.05, 0.1) is 18.4 Å². The Morgan fingerprint density at radius 2 is 1.48 bits per heavy atom. The van der Waals surface area contributed by atoms with Crippen molar-refractivity contribution < 1.29 is 9.59 Å². The van der Waals surface area contributed by atoms with Crippen LogP contribution < -0.4 is 0 Å². The molecule has 4 atom stereocenters. The molecular weight excluding hydrogens is 334 g/mol. The summed E-state index contributed by atoms with van der Waals surface area (Å²) in [4.78, 5) is 27.6. The van der Waals surface area contributed by atoms with E-state index in [0.29, 0.717) is 11.6 Å². The number of halogens is 1. The molecule has 2 bridgehead atoms. The van der Waals surface area contributed by atoms with E-state index in [1.807, 2.05) is 54.6 Å². The molecule has 2 aromatic carbocycles. The maximum absolute atomic E-state index is 13.1. The highest BCUT2D eigenvalue weighted by Crippen LogP contribution is 2.59. The molecule has 0 spiro atoms. The van der Waals surface area contributed by atoms with Gasteiger partial charge in [-0.05, 0) is 16.7 Å². The zero-order valence-electron chi connectivity index (χ0n) is 13.4. The fourth-order valence-electron chi connectivity index (χ4n) is 4.70. The number of hydrogen-bond acceptors (Lipinski definition) is 2. The molecule has 4 aliphatic rings. The van der Waals surface area contributed by atoms with Crippen LogP contribution in [0.1, 0.15) is 28.5 Å². The first-order valence-corrected chi connectivity index (χ1v) is 8.90. The first-order valence-electron chi connectivity index (χ1n) is 8.52. The Labute approximate surface area is 150 Å². The Bertz CT molecular complexity index is 921. The zero-order chi connectivity index (χ0) is 17.1. The maximum atomic E-state index is 13.1. The average molecular weight is 350 g/mol. The summed E-state index contributed by atoms with van der Waals surface area (Å²) in [5, 5.41) is 0.702. The van der Waals surface area contributed by atoms with Crippen LogP contribution in [0, 0.1) is 11.8 Å². The molecule has 0 saturated carbocycles. The van der Waals surface area contributed by atoms with Crippen LogP contribution in [0.4, 0.5) is 0 Å². The SMILES string of the molecule is O=C1[C@@H]2[C@H](C(=O)N1Cc1ccccc1)[C@@H]1C=C(Cl)[C@H]2c2ccccc21. The molecule has 1 aliphatic heterocycles. The van der Waals surface area contributed by atoms with E-state index in [9.17, 15) is 9.59 Å². The van der Waals surface area contributed by atoms with Crippen molar-refractivity contribution in [2.24, 2.45) is 11.8 Å². The molecule has 0 aromatic heterocycles. The van der Waals surface area contributed by atoms with Crippen molar-refractivity contribution in [1.82, 2.24) is 4.90 Å². The van der Waals surface area contributed by atoms with Crippen molar-refractivity contribution in [1.29, 1.82) is 0 Å². The summed E-state index contributed by atoms with van der Waals surface area (Å²) in [6, 6.07) is 17.7. The number of rotatable bonds is 2. The molecular formula is C21H16ClNO2. The highest BCUT2D eigenvalue weighted by molar-refractivity contribution is 6.31. The van der Waals surface area contributed by atoms with Gasteiger partial charge in [-0.2, -0.15) is 0 Å². The predicted octanol–water partition coefficient (Wildman–Crippen LogP) is 3.81. The van der Waals surface area contributed by atoms with Crippen LogP contribution in [0.3, 0.4) is 0 Å². The van der Waals surface area contributed by atoms with Crippen LogP contribution in [0.5, 0.6) is 0 Å². The summed E-state index contributed by atoms with van der Waals surface area (Å²) >= 11 is 6.51. The zero-order valence-corrected chi connectivity index (χ0v) is 14.2. The van der Waals surface area contributed by atoms with Gasteiger partial charge in [-0.25, -0.2) is 0 Å². The van der Waals surface area contributed by atoms with Crippen molar-refractivity contribution in [3.05, 3.63) is 82.4 Å². The maximum Gasteiger partial charge on any atom is 0.234 e. The third-order valence-electron chi connectivity index (χ3n) is 5.74. The van der Waals surface area contributed by atoms with Crippen molar-refractivity contribution >= 4 is 23.4 Å². The lowest BCUT2D eigenvalue weighted by Crippen LogP contribution is -2.38. The average Bonchev–Trinajstić information content (AvgIpc) is 2.89. The lowest BCUT2D eigenvalue weighted by Gasteiger charge is -2.42. The number of allylic oxidation sites excluding steroid dienone is 2. The topological polar surface area (TPSA) is 37.4 Å². The van der Waals surface area contributed by atoms with Gasteiger partial charge < -0.3 is 0 Å². The second-order valence-corrected chi connectivity index (χ2v) is 7.42. The van der Waals surface area contributed by atoms with E-state index >= 15 is 0 Å². The molecule has 1 saturated heterocycles. The monoisotopic (exact) mass is 349 g/mol. The molecule has 2 aromatic rings. The van der Waals surface area contributed by atoms with Crippen molar-refractivity contribution in [2.75, 3.05) is 0 Å². The van der Waals surface area contributed by atoms with E-state index in [-0.39, 0.29) is 35.5 Å². The van der Waals surface area contributed by atoms with Gasteiger partial charge in [0.25, 0.3) is 0 Å². The van der Waals surface area contributed by atoms with Crippen LogP contribution in [0.2, 0.25) is 0 Å². The number of carbonyl (C=O) groups is 2. The second-order valence-electron chi connectivity index (χ2n) is 6.98. The molecule has 4 heteroatoms. The highest BCUT2D eigenvalue weighted by Gasteiger charge is 2.59. The van der Waals surface area contributed by atoms with E-state index in [2.05, 4.69) is 6.07 Å². The summed E-state index contributed by atoms with van der Waals surface area (Å²) < 4.78 is 0. The van der Waals surface area contributed by atoms with Crippen LogP contribution in [0.15, 0.2) is 65.7 Å². The largest absolute Gasteiger partial charge is 0.278 e. The van der Waals surface area contributed by atoms with E-state index < -0.39 is 0 Å². The first-order chi connectivity index (χ1) is 12.2. The molecule has 0 unspecified atom stereocenters. The van der Waals surface area contributed by atoms with Crippen LogP contribution in [0.25, 0.3) is 0 Å². The molecule has 6 rings (SSSR count). The molecule has 1 fully saturated rings. The fourth-order valence-corrected chi connectivity index (χ4v) is 5.09. The second kappa shape index (κ2) is 5.30. The number of amides is 2. The third-order valence-corrected chi connectivity index (χ3v) is 6.11. The van der Waals surface area contributed by atoms with Crippen molar-refractivity contribution in [2.45, 2.75) is 18.4 Å². The molecule has 3 aliphatic carbocycles.